The molecule has 1 aliphatic carbocycles. The Hall–Kier alpha value is -1.58. The van der Waals surface area contributed by atoms with Gasteiger partial charge >= 0.3 is 5.97 Å². The summed E-state index contributed by atoms with van der Waals surface area (Å²) in [5.41, 5.74) is 0.941. The number of pyridine rings is 1. The van der Waals surface area contributed by atoms with Crippen LogP contribution in [0.2, 0.25) is 0 Å². The molecule has 98 valence electrons. The lowest BCUT2D eigenvalue weighted by atomic mass is 9.84. The highest BCUT2D eigenvalue weighted by atomic mass is 16.4. The van der Waals surface area contributed by atoms with E-state index in [1.807, 2.05) is 6.07 Å². The average Bonchev–Trinajstić information content (AvgIpc) is 2.40. The highest BCUT2D eigenvalue weighted by Crippen LogP contribution is 2.28. The first-order chi connectivity index (χ1) is 8.66. The van der Waals surface area contributed by atoms with E-state index >= 15 is 0 Å². The standard InChI is InChI=1S/C14H20N2O2/c1-10(11-5-3-2-4-6-11)16-12-7-8-15-13(9-12)14(17)18/h7-11H,2-6H2,1H3,(H,15,16)(H,17,18). The summed E-state index contributed by atoms with van der Waals surface area (Å²) in [6, 6.07) is 3.81. The van der Waals surface area contributed by atoms with Crippen molar-refractivity contribution in [2.75, 3.05) is 5.32 Å². The van der Waals surface area contributed by atoms with E-state index in [0.29, 0.717) is 12.0 Å². The minimum Gasteiger partial charge on any atom is -0.477 e. The lowest BCUT2D eigenvalue weighted by molar-refractivity contribution is 0.0690. The van der Waals surface area contributed by atoms with E-state index < -0.39 is 5.97 Å². The molecule has 1 heterocycles. The second kappa shape index (κ2) is 5.85. The third kappa shape index (κ3) is 3.22. The fourth-order valence-corrected chi connectivity index (χ4v) is 2.65. The van der Waals surface area contributed by atoms with E-state index in [2.05, 4.69) is 17.2 Å². The van der Waals surface area contributed by atoms with Gasteiger partial charge in [0.25, 0.3) is 0 Å². The largest absolute Gasteiger partial charge is 0.477 e. The predicted molar refractivity (Wildman–Crippen MR) is 70.9 cm³/mol. The Morgan fingerprint density at radius 2 is 2.17 bits per heavy atom. The third-order valence-electron chi connectivity index (χ3n) is 3.73. The van der Waals surface area contributed by atoms with Crippen LogP contribution in [0.25, 0.3) is 0 Å². The van der Waals surface area contributed by atoms with Crippen molar-refractivity contribution in [3.8, 4) is 0 Å². The van der Waals surface area contributed by atoms with Crippen molar-refractivity contribution in [2.24, 2.45) is 5.92 Å². The highest BCUT2D eigenvalue weighted by molar-refractivity contribution is 5.86. The lowest BCUT2D eigenvalue weighted by Crippen LogP contribution is -2.27. The van der Waals surface area contributed by atoms with Crippen molar-refractivity contribution in [1.82, 2.24) is 4.98 Å². The van der Waals surface area contributed by atoms with Gasteiger partial charge in [-0.25, -0.2) is 9.78 Å². The topological polar surface area (TPSA) is 62.2 Å². The van der Waals surface area contributed by atoms with Crippen molar-refractivity contribution in [3.63, 3.8) is 0 Å². The first-order valence-corrected chi connectivity index (χ1v) is 6.62. The van der Waals surface area contributed by atoms with Gasteiger partial charge in [0.1, 0.15) is 5.69 Å². The van der Waals surface area contributed by atoms with Crippen LogP contribution < -0.4 is 5.32 Å². The molecule has 4 heteroatoms. The summed E-state index contributed by atoms with van der Waals surface area (Å²) in [5.74, 6) is -0.288. The molecular formula is C14H20N2O2. The van der Waals surface area contributed by atoms with Crippen molar-refractivity contribution in [3.05, 3.63) is 24.0 Å². The zero-order chi connectivity index (χ0) is 13.0. The molecule has 1 fully saturated rings. The number of carbonyl (C=O) groups is 1. The third-order valence-corrected chi connectivity index (χ3v) is 3.73. The Morgan fingerprint density at radius 1 is 1.44 bits per heavy atom. The quantitative estimate of drug-likeness (QED) is 0.859. The molecule has 1 aromatic rings. The summed E-state index contributed by atoms with van der Waals surface area (Å²) >= 11 is 0. The fourth-order valence-electron chi connectivity index (χ4n) is 2.65. The maximum atomic E-state index is 10.9. The summed E-state index contributed by atoms with van der Waals surface area (Å²) < 4.78 is 0. The fraction of sp³-hybridized carbons (Fsp3) is 0.571. The van der Waals surface area contributed by atoms with Gasteiger partial charge in [0.2, 0.25) is 0 Å². The van der Waals surface area contributed by atoms with Gasteiger partial charge in [0.15, 0.2) is 0 Å². The number of carboxylic acids is 1. The Kier molecular flexibility index (Phi) is 4.18. The molecule has 4 nitrogen and oxygen atoms in total. The summed E-state index contributed by atoms with van der Waals surface area (Å²) in [6.07, 6.45) is 8.05. The molecule has 1 atom stereocenters. The van der Waals surface area contributed by atoms with E-state index in [1.54, 1.807) is 12.3 Å². The molecule has 0 saturated heterocycles. The van der Waals surface area contributed by atoms with Gasteiger partial charge in [-0.15, -0.1) is 0 Å². The first kappa shape index (κ1) is 12.9. The monoisotopic (exact) mass is 248 g/mol. The Bertz CT molecular complexity index is 414. The van der Waals surface area contributed by atoms with Gasteiger partial charge in [-0.1, -0.05) is 19.3 Å². The van der Waals surface area contributed by atoms with E-state index in [4.69, 9.17) is 5.11 Å². The highest BCUT2D eigenvalue weighted by Gasteiger charge is 2.20. The van der Waals surface area contributed by atoms with Crippen LogP contribution in [0.15, 0.2) is 18.3 Å². The number of nitrogens with one attached hydrogen (secondary N) is 1. The van der Waals surface area contributed by atoms with Gasteiger partial charge < -0.3 is 10.4 Å². The molecule has 1 aliphatic rings. The predicted octanol–water partition coefficient (Wildman–Crippen LogP) is 3.16. The number of hydrogen-bond donors (Lipinski definition) is 2. The molecule has 0 spiro atoms. The molecule has 2 rings (SSSR count). The molecule has 0 bridgehead atoms. The van der Waals surface area contributed by atoms with Crippen LogP contribution in [0, 0.1) is 5.92 Å². The number of aromatic carboxylic acids is 1. The summed E-state index contributed by atoms with van der Waals surface area (Å²) in [7, 11) is 0. The van der Waals surface area contributed by atoms with Crippen LogP contribution in [-0.4, -0.2) is 22.1 Å². The first-order valence-electron chi connectivity index (χ1n) is 6.62. The van der Waals surface area contributed by atoms with Crippen LogP contribution in [0.5, 0.6) is 0 Å². The second-order valence-electron chi connectivity index (χ2n) is 5.07. The van der Waals surface area contributed by atoms with Gasteiger partial charge in [-0.2, -0.15) is 0 Å². The number of aromatic nitrogens is 1. The van der Waals surface area contributed by atoms with Gasteiger partial charge in [-0.3, -0.25) is 0 Å². The normalized spacial score (nSPS) is 18.3. The van der Waals surface area contributed by atoms with E-state index in [-0.39, 0.29) is 5.69 Å². The molecule has 2 N–H and O–H groups in total. The summed E-state index contributed by atoms with van der Waals surface area (Å²) in [5, 5.41) is 12.3. The molecular weight excluding hydrogens is 228 g/mol. The SMILES string of the molecule is CC(Nc1ccnc(C(=O)O)c1)C1CCCCC1. The zero-order valence-corrected chi connectivity index (χ0v) is 10.7. The van der Waals surface area contributed by atoms with Crippen LogP contribution in [0.4, 0.5) is 5.69 Å². The number of carboxylic acid groups (broad SMARTS) is 1. The maximum Gasteiger partial charge on any atom is 0.354 e. The lowest BCUT2D eigenvalue weighted by Gasteiger charge is -2.29. The van der Waals surface area contributed by atoms with E-state index in [0.717, 1.165) is 5.69 Å². The Balaban J connectivity index is 1.99. The van der Waals surface area contributed by atoms with Gasteiger partial charge in [-0.05, 0) is 37.8 Å². The molecule has 0 radical (unpaired) electrons. The van der Waals surface area contributed by atoms with Crippen LogP contribution in [-0.2, 0) is 0 Å². The Morgan fingerprint density at radius 3 is 2.83 bits per heavy atom. The molecule has 0 aliphatic heterocycles. The van der Waals surface area contributed by atoms with Crippen molar-refractivity contribution in [1.29, 1.82) is 0 Å². The zero-order valence-electron chi connectivity index (χ0n) is 10.7. The van der Waals surface area contributed by atoms with Gasteiger partial charge in [0, 0.05) is 17.9 Å². The molecule has 0 aromatic carbocycles. The van der Waals surface area contributed by atoms with Crippen LogP contribution in [0.1, 0.15) is 49.5 Å². The van der Waals surface area contributed by atoms with Crippen molar-refractivity contribution in [2.45, 2.75) is 45.1 Å². The van der Waals surface area contributed by atoms with Crippen LogP contribution >= 0.6 is 0 Å². The number of nitrogens with zero attached hydrogens (tertiary/aromatic N) is 1. The average molecular weight is 248 g/mol. The van der Waals surface area contributed by atoms with Crippen molar-refractivity contribution >= 4 is 11.7 Å². The molecule has 1 unspecified atom stereocenters. The maximum absolute atomic E-state index is 10.9. The van der Waals surface area contributed by atoms with E-state index in [9.17, 15) is 4.79 Å². The van der Waals surface area contributed by atoms with Gasteiger partial charge in [0.05, 0.1) is 0 Å². The van der Waals surface area contributed by atoms with Crippen LogP contribution in [0.3, 0.4) is 0 Å². The Labute approximate surface area is 107 Å². The molecule has 1 aromatic heterocycles. The molecule has 1 saturated carbocycles. The minimum atomic E-state index is -0.982. The second-order valence-corrected chi connectivity index (χ2v) is 5.07. The number of rotatable bonds is 4. The van der Waals surface area contributed by atoms with Crippen molar-refractivity contribution < 1.29 is 9.90 Å². The smallest absolute Gasteiger partial charge is 0.354 e. The number of anilines is 1. The number of hydrogen-bond acceptors (Lipinski definition) is 3. The summed E-state index contributed by atoms with van der Waals surface area (Å²) in [4.78, 5) is 14.7. The van der Waals surface area contributed by atoms with E-state index in [1.165, 1.54) is 32.1 Å². The molecule has 0 amide bonds. The summed E-state index contributed by atoms with van der Waals surface area (Å²) in [6.45, 7) is 2.18. The minimum absolute atomic E-state index is 0.0934. The molecule has 18 heavy (non-hydrogen) atoms.